The van der Waals surface area contributed by atoms with Gasteiger partial charge in [0.2, 0.25) is 0 Å². The highest BCUT2D eigenvalue weighted by Gasteiger charge is 2.29. The van der Waals surface area contributed by atoms with E-state index in [2.05, 4.69) is 0 Å². The zero-order valence-electron chi connectivity index (χ0n) is 10.5. The van der Waals surface area contributed by atoms with Gasteiger partial charge >= 0.3 is 6.18 Å². The summed E-state index contributed by atoms with van der Waals surface area (Å²) in [6.07, 6.45) is -4.20. The first-order valence-electron chi connectivity index (χ1n) is 5.32. The predicted octanol–water partition coefficient (Wildman–Crippen LogP) is 2.70. The van der Waals surface area contributed by atoms with Gasteiger partial charge in [-0.3, -0.25) is 4.90 Å². The Bertz CT molecular complexity index is 393. The first-order valence-corrected chi connectivity index (χ1v) is 5.32. The fraction of sp³-hybridized carbons (Fsp3) is 0.500. The molecular weight excluding hydrogens is 247 g/mol. The van der Waals surface area contributed by atoms with Gasteiger partial charge < -0.3 is 9.47 Å². The monoisotopic (exact) mass is 263 g/mol. The number of ether oxygens (including phenoxy) is 2. The molecule has 1 aromatic carbocycles. The maximum atomic E-state index is 12.2. The Kier molecular flexibility index (Phi) is 4.84. The summed E-state index contributed by atoms with van der Waals surface area (Å²) in [5.41, 5.74) is 0.685. The van der Waals surface area contributed by atoms with Crippen LogP contribution in [0.1, 0.15) is 5.56 Å². The van der Waals surface area contributed by atoms with Crippen molar-refractivity contribution in [3.05, 3.63) is 23.8 Å². The Morgan fingerprint density at radius 3 is 2.33 bits per heavy atom. The van der Waals surface area contributed by atoms with Crippen molar-refractivity contribution in [3.8, 4) is 11.5 Å². The SMILES string of the molecule is COc1ccc(CN(C)CC(F)(F)F)c(OC)c1. The zero-order valence-corrected chi connectivity index (χ0v) is 10.5. The molecule has 0 atom stereocenters. The highest BCUT2D eigenvalue weighted by atomic mass is 19.4. The van der Waals surface area contributed by atoms with Crippen molar-refractivity contribution < 1.29 is 22.6 Å². The number of methoxy groups -OCH3 is 2. The van der Waals surface area contributed by atoms with Crippen LogP contribution in [0.25, 0.3) is 0 Å². The van der Waals surface area contributed by atoms with E-state index in [1.165, 1.54) is 26.2 Å². The Balaban J connectivity index is 2.77. The molecule has 0 aliphatic rings. The molecule has 18 heavy (non-hydrogen) atoms. The molecule has 0 aliphatic carbocycles. The molecule has 0 saturated carbocycles. The minimum atomic E-state index is -4.20. The number of rotatable bonds is 5. The largest absolute Gasteiger partial charge is 0.497 e. The molecule has 0 N–H and O–H groups in total. The van der Waals surface area contributed by atoms with Crippen LogP contribution in [-0.2, 0) is 6.54 Å². The second kappa shape index (κ2) is 5.95. The van der Waals surface area contributed by atoms with Gasteiger partial charge in [0.25, 0.3) is 0 Å². The van der Waals surface area contributed by atoms with E-state index in [-0.39, 0.29) is 6.54 Å². The summed E-state index contributed by atoms with van der Waals surface area (Å²) in [5.74, 6) is 1.12. The van der Waals surface area contributed by atoms with E-state index in [1.807, 2.05) is 0 Å². The molecule has 0 aliphatic heterocycles. The molecule has 0 spiro atoms. The van der Waals surface area contributed by atoms with Gasteiger partial charge in [-0.25, -0.2) is 0 Å². The number of alkyl halides is 3. The summed E-state index contributed by atoms with van der Waals surface area (Å²) >= 11 is 0. The lowest BCUT2D eigenvalue weighted by molar-refractivity contribution is -0.144. The maximum Gasteiger partial charge on any atom is 0.401 e. The van der Waals surface area contributed by atoms with Crippen LogP contribution in [-0.4, -0.2) is 38.9 Å². The van der Waals surface area contributed by atoms with Gasteiger partial charge in [0.15, 0.2) is 0 Å². The first kappa shape index (κ1) is 14.6. The van der Waals surface area contributed by atoms with Crippen LogP contribution in [0.5, 0.6) is 11.5 Å². The summed E-state index contributed by atoms with van der Waals surface area (Å²) in [7, 11) is 4.41. The van der Waals surface area contributed by atoms with E-state index < -0.39 is 12.7 Å². The van der Waals surface area contributed by atoms with Gasteiger partial charge in [0, 0.05) is 18.2 Å². The third-order valence-electron chi connectivity index (χ3n) is 2.38. The summed E-state index contributed by atoms with van der Waals surface area (Å²) in [4.78, 5) is 1.18. The Morgan fingerprint density at radius 1 is 1.17 bits per heavy atom. The molecule has 0 fully saturated rings. The van der Waals surface area contributed by atoms with Gasteiger partial charge in [0.1, 0.15) is 11.5 Å². The summed E-state index contributed by atoms with van der Waals surface area (Å²) in [6.45, 7) is -0.797. The van der Waals surface area contributed by atoms with Crippen LogP contribution in [0.3, 0.4) is 0 Å². The molecule has 3 nitrogen and oxygen atoms in total. The maximum absolute atomic E-state index is 12.2. The molecule has 0 saturated heterocycles. The lowest BCUT2D eigenvalue weighted by Gasteiger charge is -2.20. The number of hydrogen-bond donors (Lipinski definition) is 0. The molecule has 1 rings (SSSR count). The van der Waals surface area contributed by atoms with Gasteiger partial charge in [-0.2, -0.15) is 13.2 Å². The van der Waals surface area contributed by atoms with Gasteiger partial charge in [-0.05, 0) is 13.1 Å². The summed E-state index contributed by atoms with van der Waals surface area (Å²) in [5, 5.41) is 0. The van der Waals surface area contributed by atoms with E-state index in [0.717, 1.165) is 0 Å². The van der Waals surface area contributed by atoms with E-state index in [9.17, 15) is 13.2 Å². The van der Waals surface area contributed by atoms with Crippen LogP contribution in [0, 0.1) is 0 Å². The summed E-state index contributed by atoms with van der Waals surface area (Å²) in [6, 6.07) is 5.04. The third kappa shape index (κ3) is 4.44. The first-order chi connectivity index (χ1) is 8.35. The van der Waals surface area contributed by atoms with Crippen molar-refractivity contribution in [1.29, 1.82) is 0 Å². The van der Waals surface area contributed by atoms with Crippen LogP contribution in [0.2, 0.25) is 0 Å². The van der Waals surface area contributed by atoms with Crippen molar-refractivity contribution in [2.24, 2.45) is 0 Å². The van der Waals surface area contributed by atoms with E-state index in [0.29, 0.717) is 17.1 Å². The minimum Gasteiger partial charge on any atom is -0.497 e. The number of halogens is 3. The van der Waals surface area contributed by atoms with E-state index >= 15 is 0 Å². The lowest BCUT2D eigenvalue weighted by Crippen LogP contribution is -2.30. The minimum absolute atomic E-state index is 0.159. The average Bonchev–Trinajstić information content (AvgIpc) is 2.27. The smallest absolute Gasteiger partial charge is 0.401 e. The number of nitrogens with zero attached hydrogens (tertiary/aromatic N) is 1. The van der Waals surface area contributed by atoms with Crippen molar-refractivity contribution in [3.63, 3.8) is 0 Å². The van der Waals surface area contributed by atoms with Gasteiger partial charge in [-0.15, -0.1) is 0 Å². The predicted molar refractivity (Wildman–Crippen MR) is 61.9 cm³/mol. The Hall–Kier alpha value is -1.43. The second-order valence-electron chi connectivity index (χ2n) is 3.97. The molecule has 0 unspecified atom stereocenters. The Morgan fingerprint density at radius 2 is 1.83 bits per heavy atom. The quantitative estimate of drug-likeness (QED) is 0.815. The van der Waals surface area contributed by atoms with Gasteiger partial charge in [-0.1, -0.05) is 6.07 Å². The van der Waals surface area contributed by atoms with Crippen LogP contribution in [0.4, 0.5) is 13.2 Å². The third-order valence-corrected chi connectivity index (χ3v) is 2.38. The van der Waals surface area contributed by atoms with E-state index in [4.69, 9.17) is 9.47 Å². The fourth-order valence-electron chi connectivity index (χ4n) is 1.64. The Labute approximate surface area is 104 Å². The number of hydrogen-bond acceptors (Lipinski definition) is 3. The van der Waals surface area contributed by atoms with Crippen LogP contribution in [0.15, 0.2) is 18.2 Å². The molecule has 0 radical (unpaired) electrons. The highest BCUT2D eigenvalue weighted by molar-refractivity contribution is 5.40. The van der Waals surface area contributed by atoms with Crippen molar-refractivity contribution in [1.82, 2.24) is 4.90 Å². The van der Waals surface area contributed by atoms with Crippen molar-refractivity contribution in [2.75, 3.05) is 27.8 Å². The zero-order chi connectivity index (χ0) is 13.8. The normalized spacial score (nSPS) is 11.7. The van der Waals surface area contributed by atoms with Crippen LogP contribution < -0.4 is 9.47 Å². The lowest BCUT2D eigenvalue weighted by atomic mass is 10.2. The van der Waals surface area contributed by atoms with E-state index in [1.54, 1.807) is 18.2 Å². The topological polar surface area (TPSA) is 21.7 Å². The highest BCUT2D eigenvalue weighted by Crippen LogP contribution is 2.26. The number of benzene rings is 1. The molecule has 0 heterocycles. The second-order valence-corrected chi connectivity index (χ2v) is 3.97. The fourth-order valence-corrected chi connectivity index (χ4v) is 1.64. The molecule has 102 valence electrons. The average molecular weight is 263 g/mol. The molecule has 0 aromatic heterocycles. The molecule has 1 aromatic rings. The molecular formula is C12H16F3NO2. The molecule has 0 amide bonds. The van der Waals surface area contributed by atoms with Crippen molar-refractivity contribution >= 4 is 0 Å². The molecule has 6 heteroatoms. The summed E-state index contributed by atoms with van der Waals surface area (Å²) < 4.78 is 46.8. The molecule has 0 bridgehead atoms. The van der Waals surface area contributed by atoms with Crippen LogP contribution >= 0.6 is 0 Å². The van der Waals surface area contributed by atoms with Gasteiger partial charge in [0.05, 0.1) is 20.8 Å². The standard InChI is InChI=1S/C12H16F3NO2/c1-16(8-12(13,14)15)7-9-4-5-10(17-2)6-11(9)18-3/h4-6H,7-8H2,1-3H3. The van der Waals surface area contributed by atoms with Crippen molar-refractivity contribution in [2.45, 2.75) is 12.7 Å².